The Balaban J connectivity index is 1.34. The lowest BCUT2D eigenvalue weighted by atomic mass is 10.0. The highest BCUT2D eigenvalue weighted by Gasteiger charge is 2.11. The molecule has 1 amide bonds. The lowest BCUT2D eigenvalue weighted by Crippen LogP contribution is -2.13. The SMILES string of the molecule is Cc1ccc2nc(SCC(=O)Nc3nc(-c4ccc(CC(C)C)cc4)cs3)[nH]c2c1. The number of H-pyrrole nitrogens is 1. The molecule has 0 saturated carbocycles. The number of carbonyl (C=O) groups excluding carboxylic acids is 1. The number of aromatic nitrogens is 3. The summed E-state index contributed by atoms with van der Waals surface area (Å²) in [6, 6.07) is 14.6. The van der Waals surface area contributed by atoms with E-state index in [1.165, 1.54) is 34.2 Å². The van der Waals surface area contributed by atoms with Crippen molar-refractivity contribution >= 4 is 45.2 Å². The Morgan fingerprint density at radius 1 is 1.17 bits per heavy atom. The lowest BCUT2D eigenvalue weighted by molar-refractivity contribution is -0.113. The van der Waals surface area contributed by atoms with Crippen LogP contribution in [-0.4, -0.2) is 26.6 Å². The van der Waals surface area contributed by atoms with E-state index in [-0.39, 0.29) is 11.7 Å². The molecule has 2 aromatic heterocycles. The fourth-order valence-electron chi connectivity index (χ4n) is 3.20. The predicted octanol–water partition coefficient (Wildman–Crippen LogP) is 5.92. The number of hydrogen-bond donors (Lipinski definition) is 2. The highest BCUT2D eigenvalue weighted by molar-refractivity contribution is 7.99. The van der Waals surface area contributed by atoms with Gasteiger partial charge in [-0.25, -0.2) is 9.97 Å². The zero-order valence-electron chi connectivity index (χ0n) is 17.2. The first-order valence-corrected chi connectivity index (χ1v) is 11.8. The minimum Gasteiger partial charge on any atom is -0.333 e. The highest BCUT2D eigenvalue weighted by atomic mass is 32.2. The van der Waals surface area contributed by atoms with E-state index in [1.54, 1.807) is 0 Å². The fourth-order valence-corrected chi connectivity index (χ4v) is 4.63. The van der Waals surface area contributed by atoms with Crippen molar-refractivity contribution in [1.29, 1.82) is 0 Å². The van der Waals surface area contributed by atoms with Gasteiger partial charge in [-0.05, 0) is 42.5 Å². The van der Waals surface area contributed by atoms with Gasteiger partial charge in [0.2, 0.25) is 5.91 Å². The van der Waals surface area contributed by atoms with Gasteiger partial charge in [0, 0.05) is 10.9 Å². The van der Waals surface area contributed by atoms with Crippen molar-refractivity contribution in [3.8, 4) is 11.3 Å². The molecule has 2 heterocycles. The van der Waals surface area contributed by atoms with Gasteiger partial charge >= 0.3 is 0 Å². The Bertz CT molecular complexity index is 1160. The van der Waals surface area contributed by atoms with Crippen molar-refractivity contribution < 1.29 is 4.79 Å². The number of thiazole rings is 1. The van der Waals surface area contributed by atoms with Crippen LogP contribution in [-0.2, 0) is 11.2 Å². The largest absolute Gasteiger partial charge is 0.333 e. The summed E-state index contributed by atoms with van der Waals surface area (Å²) in [5.74, 6) is 0.820. The van der Waals surface area contributed by atoms with Gasteiger partial charge in [-0.3, -0.25) is 4.79 Å². The molecule has 30 heavy (non-hydrogen) atoms. The van der Waals surface area contributed by atoms with Crippen LogP contribution in [0.5, 0.6) is 0 Å². The van der Waals surface area contributed by atoms with Crippen LogP contribution in [0, 0.1) is 12.8 Å². The summed E-state index contributed by atoms with van der Waals surface area (Å²) in [6.45, 7) is 6.48. The quantitative estimate of drug-likeness (QED) is 0.353. The van der Waals surface area contributed by atoms with E-state index in [0.29, 0.717) is 11.0 Å². The molecular formula is C23H24N4OS2. The summed E-state index contributed by atoms with van der Waals surface area (Å²) < 4.78 is 0. The maximum atomic E-state index is 12.3. The lowest BCUT2D eigenvalue weighted by Gasteiger charge is -2.05. The van der Waals surface area contributed by atoms with Crippen molar-refractivity contribution in [2.24, 2.45) is 5.92 Å². The van der Waals surface area contributed by atoms with Crippen LogP contribution in [0.3, 0.4) is 0 Å². The summed E-state index contributed by atoms with van der Waals surface area (Å²) >= 11 is 2.83. The van der Waals surface area contributed by atoms with E-state index in [0.717, 1.165) is 33.9 Å². The number of hydrogen-bond acceptors (Lipinski definition) is 5. The molecule has 0 aliphatic rings. The predicted molar refractivity (Wildman–Crippen MR) is 126 cm³/mol. The maximum Gasteiger partial charge on any atom is 0.236 e. The topological polar surface area (TPSA) is 70.7 Å². The van der Waals surface area contributed by atoms with Crippen molar-refractivity contribution in [3.05, 3.63) is 59.0 Å². The smallest absolute Gasteiger partial charge is 0.236 e. The number of anilines is 1. The number of rotatable bonds is 7. The minimum atomic E-state index is -0.0928. The van der Waals surface area contributed by atoms with Crippen molar-refractivity contribution in [3.63, 3.8) is 0 Å². The van der Waals surface area contributed by atoms with E-state index in [1.807, 2.05) is 24.4 Å². The molecule has 0 radical (unpaired) electrons. The van der Waals surface area contributed by atoms with Gasteiger partial charge in [-0.15, -0.1) is 11.3 Å². The van der Waals surface area contributed by atoms with Crippen LogP contribution in [0.1, 0.15) is 25.0 Å². The number of thioether (sulfide) groups is 1. The van der Waals surface area contributed by atoms with E-state index < -0.39 is 0 Å². The Labute approximate surface area is 184 Å². The van der Waals surface area contributed by atoms with Crippen LogP contribution >= 0.6 is 23.1 Å². The average molecular weight is 437 g/mol. The molecule has 4 rings (SSSR count). The van der Waals surface area contributed by atoms with Crippen LogP contribution in [0.4, 0.5) is 5.13 Å². The number of aryl methyl sites for hydroxylation is 1. The van der Waals surface area contributed by atoms with Crippen molar-refractivity contribution in [2.75, 3.05) is 11.1 Å². The first kappa shape index (κ1) is 20.6. The highest BCUT2D eigenvalue weighted by Crippen LogP contribution is 2.26. The Morgan fingerprint density at radius 3 is 2.73 bits per heavy atom. The molecule has 0 fully saturated rings. The number of nitrogens with zero attached hydrogens (tertiary/aromatic N) is 2. The summed E-state index contributed by atoms with van der Waals surface area (Å²) in [5.41, 5.74) is 6.34. The zero-order valence-corrected chi connectivity index (χ0v) is 18.9. The van der Waals surface area contributed by atoms with Gasteiger partial charge in [-0.2, -0.15) is 0 Å². The van der Waals surface area contributed by atoms with Crippen LogP contribution in [0.25, 0.3) is 22.3 Å². The van der Waals surface area contributed by atoms with E-state index in [9.17, 15) is 4.79 Å². The second-order valence-corrected chi connectivity index (χ2v) is 9.55. The third-order valence-electron chi connectivity index (χ3n) is 4.60. The molecule has 0 aliphatic heterocycles. The van der Waals surface area contributed by atoms with Gasteiger partial charge < -0.3 is 10.3 Å². The Kier molecular flexibility index (Phi) is 6.20. The summed E-state index contributed by atoms with van der Waals surface area (Å²) in [4.78, 5) is 24.7. The van der Waals surface area contributed by atoms with Gasteiger partial charge in [0.25, 0.3) is 0 Å². The molecule has 7 heteroatoms. The number of imidazole rings is 1. The summed E-state index contributed by atoms with van der Waals surface area (Å²) in [7, 11) is 0. The zero-order chi connectivity index (χ0) is 21.1. The monoisotopic (exact) mass is 436 g/mol. The van der Waals surface area contributed by atoms with E-state index in [4.69, 9.17) is 0 Å². The van der Waals surface area contributed by atoms with Crippen molar-refractivity contribution in [1.82, 2.24) is 15.0 Å². The molecule has 4 aromatic rings. The molecule has 0 spiro atoms. The van der Waals surface area contributed by atoms with Gasteiger partial charge in [0.15, 0.2) is 10.3 Å². The Morgan fingerprint density at radius 2 is 1.97 bits per heavy atom. The average Bonchev–Trinajstić information content (AvgIpc) is 3.33. The molecular weight excluding hydrogens is 412 g/mol. The normalized spacial score (nSPS) is 11.3. The molecule has 5 nitrogen and oxygen atoms in total. The number of fused-ring (bicyclic) bond motifs is 1. The number of nitrogens with one attached hydrogen (secondary N) is 2. The second kappa shape index (κ2) is 9.02. The number of carbonyl (C=O) groups is 1. The summed E-state index contributed by atoms with van der Waals surface area (Å²) in [5, 5.41) is 6.22. The second-order valence-electron chi connectivity index (χ2n) is 7.73. The van der Waals surface area contributed by atoms with E-state index in [2.05, 4.69) is 64.4 Å². The van der Waals surface area contributed by atoms with Gasteiger partial charge in [0.05, 0.1) is 22.5 Å². The summed E-state index contributed by atoms with van der Waals surface area (Å²) in [6.07, 6.45) is 1.07. The number of aromatic amines is 1. The number of benzene rings is 2. The molecule has 2 aromatic carbocycles. The van der Waals surface area contributed by atoms with Crippen LogP contribution in [0.2, 0.25) is 0 Å². The van der Waals surface area contributed by atoms with E-state index >= 15 is 0 Å². The standard InChI is InChI=1S/C23H24N4OS2/c1-14(2)10-16-5-7-17(8-6-16)20-12-29-23(26-20)27-21(28)13-30-22-24-18-9-4-15(3)11-19(18)25-22/h4-9,11-12,14H,10,13H2,1-3H3,(H,24,25)(H,26,27,28). The fraction of sp³-hybridized carbons (Fsp3) is 0.261. The number of amides is 1. The molecule has 0 atom stereocenters. The van der Waals surface area contributed by atoms with Gasteiger partial charge in [-0.1, -0.05) is 55.9 Å². The molecule has 0 aliphatic carbocycles. The van der Waals surface area contributed by atoms with Gasteiger partial charge in [0.1, 0.15) is 0 Å². The first-order valence-electron chi connectivity index (χ1n) is 9.90. The third-order valence-corrected chi connectivity index (χ3v) is 6.23. The molecule has 0 saturated heterocycles. The molecule has 0 bridgehead atoms. The maximum absolute atomic E-state index is 12.3. The minimum absolute atomic E-state index is 0.0928. The Hall–Kier alpha value is -2.64. The molecule has 0 unspecified atom stereocenters. The van der Waals surface area contributed by atoms with Crippen LogP contribution < -0.4 is 5.32 Å². The molecule has 2 N–H and O–H groups in total. The van der Waals surface area contributed by atoms with Crippen LogP contribution in [0.15, 0.2) is 53.0 Å². The van der Waals surface area contributed by atoms with Crippen molar-refractivity contribution in [2.45, 2.75) is 32.3 Å². The third kappa shape index (κ3) is 5.09. The first-order chi connectivity index (χ1) is 14.5. The molecule has 154 valence electrons.